The normalized spacial score (nSPS) is 9.74. The van der Waals surface area contributed by atoms with Crippen LogP contribution in [-0.2, 0) is 0 Å². The summed E-state index contributed by atoms with van der Waals surface area (Å²) in [5.41, 5.74) is 0.630. The van der Waals surface area contributed by atoms with Crippen LogP contribution in [-0.4, -0.2) is 18.3 Å². The highest BCUT2D eigenvalue weighted by molar-refractivity contribution is 5.86. The Bertz CT molecular complexity index is 569. The van der Waals surface area contributed by atoms with Gasteiger partial charge in [0.25, 0.3) is 0 Å². The van der Waals surface area contributed by atoms with E-state index >= 15 is 0 Å². The molecule has 0 aromatic heterocycles. The van der Waals surface area contributed by atoms with Crippen molar-refractivity contribution in [1.29, 1.82) is 0 Å². The molecule has 2 aromatic rings. The zero-order valence-electron chi connectivity index (χ0n) is 10.3. The van der Waals surface area contributed by atoms with Crippen LogP contribution in [0.4, 0.5) is 10.5 Å². The van der Waals surface area contributed by atoms with Gasteiger partial charge in [-0.2, -0.15) is 0 Å². The van der Waals surface area contributed by atoms with Crippen molar-refractivity contribution < 1.29 is 19.4 Å². The molecule has 2 N–H and O–H groups in total. The number of methoxy groups -OCH3 is 1. The Hall–Kier alpha value is -2.69. The van der Waals surface area contributed by atoms with Gasteiger partial charge < -0.3 is 14.6 Å². The van der Waals surface area contributed by atoms with Crippen LogP contribution in [0.3, 0.4) is 0 Å². The molecule has 0 aliphatic rings. The van der Waals surface area contributed by atoms with Gasteiger partial charge in [0.2, 0.25) is 0 Å². The molecule has 0 spiro atoms. The van der Waals surface area contributed by atoms with E-state index in [4.69, 9.17) is 9.47 Å². The van der Waals surface area contributed by atoms with E-state index in [-0.39, 0.29) is 11.5 Å². The van der Waals surface area contributed by atoms with E-state index in [2.05, 4.69) is 5.32 Å². The maximum Gasteiger partial charge on any atom is 0.417 e. The lowest BCUT2D eigenvalue weighted by molar-refractivity contribution is 0.215. The van der Waals surface area contributed by atoms with Gasteiger partial charge in [-0.1, -0.05) is 18.2 Å². The highest BCUT2D eigenvalue weighted by atomic mass is 16.6. The number of carbonyl (C=O) groups excluding carboxylic acids is 1. The molecule has 2 rings (SSSR count). The number of phenolic OH excluding ortho intramolecular Hbond substituents is 1. The highest BCUT2D eigenvalue weighted by Gasteiger charge is 2.08. The van der Waals surface area contributed by atoms with Gasteiger partial charge in [0.05, 0.1) is 7.11 Å². The molecule has 0 heterocycles. The SMILES string of the molecule is COc1ccc(OC(=O)Nc2ccccc2)cc1O. The molecule has 0 aliphatic heterocycles. The Kier molecular flexibility index (Phi) is 3.87. The van der Waals surface area contributed by atoms with Gasteiger partial charge in [-0.05, 0) is 24.3 Å². The average Bonchev–Trinajstić information content (AvgIpc) is 2.40. The summed E-state index contributed by atoms with van der Waals surface area (Å²) in [6.07, 6.45) is -0.629. The van der Waals surface area contributed by atoms with Crippen LogP contribution in [0.2, 0.25) is 0 Å². The molecule has 0 fully saturated rings. The van der Waals surface area contributed by atoms with Gasteiger partial charge >= 0.3 is 6.09 Å². The first-order chi connectivity index (χ1) is 9.19. The number of benzene rings is 2. The molecule has 0 radical (unpaired) electrons. The summed E-state index contributed by atoms with van der Waals surface area (Å²) in [6, 6.07) is 13.3. The molecule has 0 bridgehead atoms. The van der Waals surface area contributed by atoms with Crippen molar-refractivity contribution >= 4 is 11.8 Å². The Balaban J connectivity index is 2.01. The summed E-state index contributed by atoms with van der Waals surface area (Å²) < 4.78 is 9.93. The molecule has 0 aliphatic carbocycles. The minimum Gasteiger partial charge on any atom is -0.504 e. The minimum absolute atomic E-state index is 0.0903. The third-order valence-corrected chi connectivity index (χ3v) is 2.38. The molecule has 19 heavy (non-hydrogen) atoms. The highest BCUT2D eigenvalue weighted by Crippen LogP contribution is 2.29. The van der Waals surface area contributed by atoms with Gasteiger partial charge in [-0.25, -0.2) is 4.79 Å². The van der Waals surface area contributed by atoms with Crippen molar-refractivity contribution in [3.05, 3.63) is 48.5 Å². The van der Waals surface area contributed by atoms with Crippen LogP contribution in [0.25, 0.3) is 0 Å². The van der Waals surface area contributed by atoms with Crippen LogP contribution in [0.1, 0.15) is 0 Å². The fourth-order valence-electron chi connectivity index (χ4n) is 1.51. The second kappa shape index (κ2) is 5.77. The number of para-hydroxylation sites is 1. The van der Waals surface area contributed by atoms with Crippen LogP contribution in [0.15, 0.2) is 48.5 Å². The van der Waals surface area contributed by atoms with Crippen molar-refractivity contribution in [3.63, 3.8) is 0 Å². The summed E-state index contributed by atoms with van der Waals surface area (Å²) in [5, 5.41) is 12.1. The van der Waals surface area contributed by atoms with E-state index in [1.807, 2.05) is 6.07 Å². The molecule has 0 unspecified atom stereocenters. The van der Waals surface area contributed by atoms with Gasteiger partial charge in [0.1, 0.15) is 5.75 Å². The first-order valence-corrected chi connectivity index (χ1v) is 5.60. The summed E-state index contributed by atoms with van der Waals surface area (Å²) >= 11 is 0. The van der Waals surface area contributed by atoms with Crippen LogP contribution < -0.4 is 14.8 Å². The lowest BCUT2D eigenvalue weighted by atomic mass is 10.3. The molecule has 0 atom stereocenters. The largest absolute Gasteiger partial charge is 0.504 e. The number of phenols is 1. The third-order valence-electron chi connectivity index (χ3n) is 2.38. The lowest BCUT2D eigenvalue weighted by Gasteiger charge is -2.08. The minimum atomic E-state index is -0.629. The number of amides is 1. The quantitative estimate of drug-likeness (QED) is 0.889. The van der Waals surface area contributed by atoms with Crippen LogP contribution >= 0.6 is 0 Å². The fraction of sp³-hybridized carbons (Fsp3) is 0.0714. The third kappa shape index (κ3) is 3.38. The molecular weight excluding hydrogens is 246 g/mol. The molecule has 2 aromatic carbocycles. The van der Waals surface area contributed by atoms with Crippen molar-refractivity contribution in [3.8, 4) is 17.2 Å². The molecule has 1 amide bonds. The maximum atomic E-state index is 11.6. The van der Waals surface area contributed by atoms with Gasteiger partial charge in [-0.3, -0.25) is 5.32 Å². The van der Waals surface area contributed by atoms with Gasteiger partial charge in [-0.15, -0.1) is 0 Å². The number of nitrogens with one attached hydrogen (secondary N) is 1. The van der Waals surface area contributed by atoms with Crippen molar-refractivity contribution in [2.45, 2.75) is 0 Å². The number of hydrogen-bond acceptors (Lipinski definition) is 4. The first kappa shape index (κ1) is 12.8. The van der Waals surface area contributed by atoms with Crippen LogP contribution in [0.5, 0.6) is 17.2 Å². The molecule has 0 saturated carbocycles. The molecule has 98 valence electrons. The summed E-state index contributed by atoms with van der Waals surface area (Å²) in [4.78, 5) is 11.6. The van der Waals surface area contributed by atoms with E-state index in [1.165, 1.54) is 25.3 Å². The summed E-state index contributed by atoms with van der Waals surface area (Å²) in [6.45, 7) is 0. The lowest BCUT2D eigenvalue weighted by Crippen LogP contribution is -2.16. The smallest absolute Gasteiger partial charge is 0.417 e. The van der Waals surface area contributed by atoms with Gasteiger partial charge in [0.15, 0.2) is 11.5 Å². The number of rotatable bonds is 3. The van der Waals surface area contributed by atoms with Crippen LogP contribution in [0, 0.1) is 0 Å². The number of carbonyl (C=O) groups is 1. The fourth-order valence-corrected chi connectivity index (χ4v) is 1.51. The molecular formula is C14H13NO4. The first-order valence-electron chi connectivity index (χ1n) is 5.60. The predicted molar refractivity (Wildman–Crippen MR) is 70.7 cm³/mol. The Morgan fingerprint density at radius 1 is 1.16 bits per heavy atom. The van der Waals surface area contributed by atoms with E-state index in [0.717, 1.165) is 0 Å². The Labute approximate surface area is 110 Å². The zero-order valence-corrected chi connectivity index (χ0v) is 10.3. The number of hydrogen-bond donors (Lipinski definition) is 2. The number of ether oxygens (including phenoxy) is 2. The molecule has 0 saturated heterocycles. The standard InChI is InChI=1S/C14H13NO4/c1-18-13-8-7-11(9-12(13)16)19-14(17)15-10-5-3-2-4-6-10/h2-9,16H,1H3,(H,15,17). The zero-order chi connectivity index (χ0) is 13.7. The van der Waals surface area contributed by atoms with E-state index in [1.54, 1.807) is 24.3 Å². The second-order valence-electron chi connectivity index (χ2n) is 3.71. The second-order valence-corrected chi connectivity index (χ2v) is 3.71. The summed E-state index contributed by atoms with van der Waals surface area (Å²) in [5.74, 6) is 0.454. The Morgan fingerprint density at radius 2 is 1.89 bits per heavy atom. The summed E-state index contributed by atoms with van der Waals surface area (Å²) in [7, 11) is 1.44. The van der Waals surface area contributed by atoms with Crippen molar-refractivity contribution in [2.24, 2.45) is 0 Å². The van der Waals surface area contributed by atoms with E-state index in [0.29, 0.717) is 11.4 Å². The van der Waals surface area contributed by atoms with E-state index in [9.17, 15) is 9.90 Å². The van der Waals surface area contributed by atoms with Crippen molar-refractivity contribution in [1.82, 2.24) is 0 Å². The monoisotopic (exact) mass is 259 g/mol. The number of anilines is 1. The number of aromatic hydroxyl groups is 1. The predicted octanol–water partition coefficient (Wildman–Crippen LogP) is 3.01. The maximum absolute atomic E-state index is 11.6. The van der Waals surface area contributed by atoms with E-state index < -0.39 is 6.09 Å². The average molecular weight is 259 g/mol. The van der Waals surface area contributed by atoms with Crippen molar-refractivity contribution in [2.75, 3.05) is 12.4 Å². The topological polar surface area (TPSA) is 67.8 Å². The van der Waals surface area contributed by atoms with Gasteiger partial charge in [0, 0.05) is 11.8 Å². The molecule has 5 heteroatoms. The Morgan fingerprint density at radius 3 is 2.53 bits per heavy atom. The molecule has 5 nitrogen and oxygen atoms in total.